The van der Waals surface area contributed by atoms with E-state index in [0.29, 0.717) is 17.9 Å². The molecule has 0 heterocycles. The average molecular weight is 294 g/mol. The first-order chi connectivity index (χ1) is 10.7. The SMILES string of the molecule is C=CCOc1ccccc1/C=N/NC(=O)c1cccc(C)c1. The monoisotopic (exact) mass is 294 g/mol. The normalized spacial score (nSPS) is 10.4. The van der Waals surface area contributed by atoms with Gasteiger partial charge in [0.25, 0.3) is 5.91 Å². The van der Waals surface area contributed by atoms with Crippen LogP contribution < -0.4 is 10.2 Å². The van der Waals surface area contributed by atoms with E-state index in [9.17, 15) is 4.79 Å². The van der Waals surface area contributed by atoms with Crippen molar-refractivity contribution in [1.82, 2.24) is 5.43 Å². The summed E-state index contributed by atoms with van der Waals surface area (Å²) in [5.74, 6) is 0.445. The van der Waals surface area contributed by atoms with Gasteiger partial charge in [-0.05, 0) is 31.2 Å². The number of carbonyl (C=O) groups excluding carboxylic acids is 1. The topological polar surface area (TPSA) is 50.7 Å². The molecule has 0 aromatic heterocycles. The van der Waals surface area contributed by atoms with E-state index in [1.165, 1.54) is 0 Å². The number of benzene rings is 2. The second kappa shape index (κ2) is 7.78. The van der Waals surface area contributed by atoms with Crippen molar-refractivity contribution in [1.29, 1.82) is 0 Å². The van der Waals surface area contributed by atoms with Crippen molar-refractivity contribution in [2.75, 3.05) is 6.61 Å². The van der Waals surface area contributed by atoms with Gasteiger partial charge in [0, 0.05) is 11.1 Å². The minimum absolute atomic E-state index is 0.246. The standard InChI is InChI=1S/C18H18N2O2/c1-3-11-22-17-10-5-4-8-16(17)13-19-20-18(21)15-9-6-7-14(2)12-15/h3-10,12-13H,1,11H2,2H3,(H,20,21)/b19-13+. The van der Waals surface area contributed by atoms with Crippen molar-refractivity contribution in [2.24, 2.45) is 5.10 Å². The molecule has 0 aliphatic carbocycles. The minimum atomic E-state index is -0.246. The van der Waals surface area contributed by atoms with Crippen LogP contribution in [0, 0.1) is 6.92 Å². The van der Waals surface area contributed by atoms with Crippen LogP contribution in [0.5, 0.6) is 5.75 Å². The van der Waals surface area contributed by atoms with Gasteiger partial charge in [0.15, 0.2) is 0 Å². The number of aryl methyl sites for hydroxylation is 1. The molecule has 2 rings (SSSR count). The molecule has 0 bridgehead atoms. The maximum absolute atomic E-state index is 12.0. The number of nitrogens with one attached hydrogen (secondary N) is 1. The van der Waals surface area contributed by atoms with Gasteiger partial charge in [0.05, 0.1) is 6.21 Å². The molecule has 0 aliphatic rings. The summed E-state index contributed by atoms with van der Waals surface area (Å²) in [4.78, 5) is 12.0. The summed E-state index contributed by atoms with van der Waals surface area (Å²) in [6.45, 7) is 5.97. The third-order valence-electron chi connectivity index (χ3n) is 2.93. The van der Waals surface area contributed by atoms with Crippen LogP contribution in [0.2, 0.25) is 0 Å². The molecule has 0 saturated carbocycles. The zero-order valence-electron chi connectivity index (χ0n) is 12.5. The van der Waals surface area contributed by atoms with E-state index in [4.69, 9.17) is 4.74 Å². The molecule has 0 fully saturated rings. The molecule has 4 nitrogen and oxygen atoms in total. The van der Waals surface area contributed by atoms with E-state index in [1.54, 1.807) is 18.4 Å². The summed E-state index contributed by atoms with van der Waals surface area (Å²) in [6.07, 6.45) is 3.24. The molecule has 4 heteroatoms. The second-order valence-electron chi connectivity index (χ2n) is 4.71. The van der Waals surface area contributed by atoms with Gasteiger partial charge in [-0.15, -0.1) is 0 Å². The quantitative estimate of drug-likeness (QED) is 0.505. The van der Waals surface area contributed by atoms with Crippen LogP contribution in [0.15, 0.2) is 66.3 Å². The fourth-order valence-electron chi connectivity index (χ4n) is 1.88. The third-order valence-corrected chi connectivity index (χ3v) is 2.93. The molecule has 2 aromatic rings. The lowest BCUT2D eigenvalue weighted by Crippen LogP contribution is -2.17. The number of para-hydroxylation sites is 1. The highest BCUT2D eigenvalue weighted by molar-refractivity contribution is 5.95. The van der Waals surface area contributed by atoms with Gasteiger partial charge in [0.1, 0.15) is 12.4 Å². The molecule has 0 aliphatic heterocycles. The van der Waals surface area contributed by atoms with Crippen LogP contribution in [0.25, 0.3) is 0 Å². The van der Waals surface area contributed by atoms with Gasteiger partial charge < -0.3 is 4.74 Å². The van der Waals surface area contributed by atoms with Crippen molar-refractivity contribution >= 4 is 12.1 Å². The van der Waals surface area contributed by atoms with E-state index in [-0.39, 0.29) is 5.91 Å². The molecular weight excluding hydrogens is 276 g/mol. The molecule has 0 radical (unpaired) electrons. The predicted octanol–water partition coefficient (Wildman–Crippen LogP) is 3.32. The van der Waals surface area contributed by atoms with Crippen LogP contribution in [-0.2, 0) is 0 Å². The van der Waals surface area contributed by atoms with Crippen LogP contribution >= 0.6 is 0 Å². The van der Waals surface area contributed by atoms with Crippen molar-refractivity contribution < 1.29 is 9.53 Å². The van der Waals surface area contributed by atoms with Crippen LogP contribution in [-0.4, -0.2) is 18.7 Å². The van der Waals surface area contributed by atoms with Crippen LogP contribution in [0.1, 0.15) is 21.5 Å². The van der Waals surface area contributed by atoms with Gasteiger partial charge in [-0.2, -0.15) is 5.10 Å². The Kier molecular flexibility index (Phi) is 5.49. The molecule has 1 N–H and O–H groups in total. The Labute approximate surface area is 130 Å². The highest BCUT2D eigenvalue weighted by Gasteiger charge is 2.04. The highest BCUT2D eigenvalue weighted by Crippen LogP contribution is 2.15. The highest BCUT2D eigenvalue weighted by atomic mass is 16.5. The lowest BCUT2D eigenvalue weighted by Gasteiger charge is -2.06. The molecule has 1 amide bonds. The van der Waals surface area contributed by atoms with Gasteiger partial charge >= 0.3 is 0 Å². The number of hydrogen-bond acceptors (Lipinski definition) is 3. The average Bonchev–Trinajstić information content (AvgIpc) is 2.54. The maximum Gasteiger partial charge on any atom is 0.271 e. The molecule has 2 aromatic carbocycles. The number of hydrazone groups is 1. The first-order valence-electron chi connectivity index (χ1n) is 6.93. The molecule has 22 heavy (non-hydrogen) atoms. The first-order valence-corrected chi connectivity index (χ1v) is 6.93. The summed E-state index contributed by atoms with van der Waals surface area (Å²) in [7, 11) is 0. The molecule has 0 atom stereocenters. The Bertz CT molecular complexity index is 693. The van der Waals surface area contributed by atoms with Gasteiger partial charge in [-0.3, -0.25) is 4.79 Å². The number of carbonyl (C=O) groups is 1. The van der Waals surface area contributed by atoms with E-state index in [2.05, 4.69) is 17.1 Å². The Morgan fingerprint density at radius 1 is 1.27 bits per heavy atom. The fourth-order valence-corrected chi connectivity index (χ4v) is 1.88. The molecule has 0 saturated heterocycles. The summed E-state index contributed by atoms with van der Waals surface area (Å²) >= 11 is 0. The van der Waals surface area contributed by atoms with E-state index < -0.39 is 0 Å². The van der Waals surface area contributed by atoms with Crippen molar-refractivity contribution in [3.05, 3.63) is 77.9 Å². The van der Waals surface area contributed by atoms with Crippen LogP contribution in [0.3, 0.4) is 0 Å². The number of nitrogens with zero attached hydrogens (tertiary/aromatic N) is 1. The molecular formula is C18H18N2O2. The number of hydrogen-bond donors (Lipinski definition) is 1. The summed E-state index contributed by atoms with van der Waals surface area (Å²) in [5.41, 5.74) is 4.90. The number of ether oxygens (including phenoxy) is 1. The molecule has 0 unspecified atom stereocenters. The first kappa shape index (κ1) is 15.5. The van der Waals surface area contributed by atoms with Crippen molar-refractivity contribution in [3.8, 4) is 5.75 Å². The van der Waals surface area contributed by atoms with Crippen molar-refractivity contribution in [2.45, 2.75) is 6.92 Å². The van der Waals surface area contributed by atoms with E-state index in [1.807, 2.05) is 49.4 Å². The maximum atomic E-state index is 12.0. The lowest BCUT2D eigenvalue weighted by atomic mass is 10.1. The summed E-state index contributed by atoms with van der Waals surface area (Å²) in [5, 5.41) is 3.99. The van der Waals surface area contributed by atoms with Gasteiger partial charge in [-0.1, -0.05) is 42.5 Å². The zero-order chi connectivity index (χ0) is 15.8. The van der Waals surface area contributed by atoms with Gasteiger partial charge in [0.2, 0.25) is 0 Å². The summed E-state index contributed by atoms with van der Waals surface area (Å²) in [6, 6.07) is 14.8. The minimum Gasteiger partial charge on any atom is -0.489 e. The largest absolute Gasteiger partial charge is 0.489 e. The van der Waals surface area contributed by atoms with Crippen molar-refractivity contribution in [3.63, 3.8) is 0 Å². The van der Waals surface area contributed by atoms with Gasteiger partial charge in [-0.25, -0.2) is 5.43 Å². The fraction of sp³-hybridized carbons (Fsp3) is 0.111. The van der Waals surface area contributed by atoms with E-state index >= 15 is 0 Å². The van der Waals surface area contributed by atoms with E-state index in [0.717, 1.165) is 11.1 Å². The third kappa shape index (κ3) is 4.31. The molecule has 112 valence electrons. The zero-order valence-corrected chi connectivity index (χ0v) is 12.5. The van der Waals surface area contributed by atoms with Crippen LogP contribution in [0.4, 0.5) is 0 Å². The Morgan fingerprint density at radius 2 is 2.09 bits per heavy atom. The smallest absolute Gasteiger partial charge is 0.271 e. The number of rotatable bonds is 6. The lowest BCUT2D eigenvalue weighted by molar-refractivity contribution is 0.0955. The predicted molar refractivity (Wildman–Crippen MR) is 88.4 cm³/mol. The summed E-state index contributed by atoms with van der Waals surface area (Å²) < 4.78 is 5.52. The molecule has 0 spiro atoms. The number of amides is 1. The Morgan fingerprint density at radius 3 is 2.86 bits per heavy atom. The second-order valence-corrected chi connectivity index (χ2v) is 4.71. The Hall–Kier alpha value is -2.88. The Balaban J connectivity index is 2.03.